The van der Waals surface area contributed by atoms with Gasteiger partial charge in [-0.05, 0) is 31.5 Å². The summed E-state index contributed by atoms with van der Waals surface area (Å²) >= 11 is 0. The summed E-state index contributed by atoms with van der Waals surface area (Å²) in [6.45, 7) is 3.57. The van der Waals surface area contributed by atoms with Gasteiger partial charge in [-0.15, -0.1) is 0 Å². The molecule has 4 rings (SSSR count). The van der Waals surface area contributed by atoms with Gasteiger partial charge < -0.3 is 19.5 Å². The van der Waals surface area contributed by atoms with Crippen molar-refractivity contribution < 1.29 is 24.2 Å². The Morgan fingerprint density at radius 2 is 1.94 bits per heavy atom. The van der Waals surface area contributed by atoms with Crippen molar-refractivity contribution in [3.8, 4) is 11.5 Å². The van der Waals surface area contributed by atoms with Crippen LogP contribution in [0.1, 0.15) is 34.1 Å². The summed E-state index contributed by atoms with van der Waals surface area (Å²) in [7, 11) is 2.99. The van der Waals surface area contributed by atoms with Crippen LogP contribution in [0.4, 0.5) is 0 Å². The fourth-order valence-corrected chi connectivity index (χ4v) is 4.22. The Morgan fingerprint density at radius 1 is 1.15 bits per heavy atom. The highest BCUT2D eigenvalue weighted by atomic mass is 16.5. The lowest BCUT2D eigenvalue weighted by molar-refractivity contribution is -0.140. The first-order chi connectivity index (χ1) is 15.9. The standard InChI is InChI=1S/C24H24N4O5/c1-13-18(14(2)27-26-13)21(29)19-20(16-8-5-9-17(32-3)23(16)33-4)28(24(31)22(19)30)12-15-7-6-10-25-11-15/h5-11,20,29H,12H2,1-4H3,(H,26,27)/b21-19+. The van der Waals surface area contributed by atoms with Gasteiger partial charge in [0.25, 0.3) is 11.7 Å². The highest BCUT2D eigenvalue weighted by molar-refractivity contribution is 6.46. The third-order valence-electron chi connectivity index (χ3n) is 5.71. The van der Waals surface area contributed by atoms with Crippen molar-refractivity contribution in [2.75, 3.05) is 14.2 Å². The Kier molecular flexibility index (Phi) is 5.87. The van der Waals surface area contributed by atoms with Crippen molar-refractivity contribution in [2.24, 2.45) is 0 Å². The molecule has 1 aromatic carbocycles. The molecule has 0 radical (unpaired) electrons. The number of ketones is 1. The lowest BCUT2D eigenvalue weighted by Gasteiger charge is -2.27. The number of hydrogen-bond acceptors (Lipinski definition) is 7. The summed E-state index contributed by atoms with van der Waals surface area (Å²) in [6.07, 6.45) is 3.26. The Morgan fingerprint density at radius 3 is 2.55 bits per heavy atom. The molecule has 33 heavy (non-hydrogen) atoms. The topological polar surface area (TPSA) is 118 Å². The number of hydrogen-bond donors (Lipinski definition) is 2. The van der Waals surface area contributed by atoms with E-state index in [1.807, 2.05) is 6.07 Å². The number of rotatable bonds is 6. The second kappa shape index (κ2) is 8.78. The molecule has 0 saturated carbocycles. The molecule has 0 aliphatic carbocycles. The number of H-pyrrole nitrogens is 1. The Labute approximate surface area is 190 Å². The van der Waals surface area contributed by atoms with E-state index >= 15 is 0 Å². The molecule has 2 aromatic heterocycles. The van der Waals surface area contributed by atoms with E-state index in [0.717, 1.165) is 5.56 Å². The summed E-state index contributed by atoms with van der Waals surface area (Å²) in [6, 6.07) is 7.87. The number of nitrogens with zero attached hydrogens (tertiary/aromatic N) is 3. The molecule has 2 N–H and O–H groups in total. The second-order valence-electron chi connectivity index (χ2n) is 7.68. The molecule has 1 aliphatic rings. The van der Waals surface area contributed by atoms with E-state index in [4.69, 9.17) is 9.47 Å². The van der Waals surface area contributed by atoms with Crippen molar-refractivity contribution >= 4 is 17.4 Å². The molecule has 1 atom stereocenters. The first kappa shape index (κ1) is 22.1. The van der Waals surface area contributed by atoms with Gasteiger partial charge >= 0.3 is 0 Å². The Bertz CT molecular complexity index is 1230. The highest BCUT2D eigenvalue weighted by Crippen LogP contribution is 2.46. The Balaban J connectivity index is 1.97. The fourth-order valence-electron chi connectivity index (χ4n) is 4.22. The van der Waals surface area contributed by atoms with Crippen LogP contribution in [0.2, 0.25) is 0 Å². The number of carbonyl (C=O) groups excluding carboxylic acids is 2. The van der Waals surface area contributed by atoms with E-state index < -0.39 is 17.7 Å². The minimum atomic E-state index is -0.913. The molecule has 1 unspecified atom stereocenters. The molecule has 3 heterocycles. The maximum Gasteiger partial charge on any atom is 0.295 e. The van der Waals surface area contributed by atoms with Gasteiger partial charge in [-0.2, -0.15) is 5.10 Å². The lowest BCUT2D eigenvalue weighted by atomic mass is 9.93. The van der Waals surface area contributed by atoms with E-state index in [9.17, 15) is 14.7 Å². The van der Waals surface area contributed by atoms with Crippen LogP contribution in [-0.4, -0.2) is 51.1 Å². The third kappa shape index (κ3) is 3.71. The number of Topliss-reactive ketones (excluding diaryl/α,β-unsaturated/α-hetero) is 1. The number of pyridine rings is 1. The summed E-state index contributed by atoms with van der Waals surface area (Å²) in [5.41, 5.74) is 2.70. The van der Waals surface area contributed by atoms with Crippen LogP contribution >= 0.6 is 0 Å². The molecule has 1 fully saturated rings. The van der Waals surface area contributed by atoms with Gasteiger partial charge in [-0.25, -0.2) is 0 Å². The van der Waals surface area contributed by atoms with E-state index in [0.29, 0.717) is 34.0 Å². The monoisotopic (exact) mass is 448 g/mol. The normalized spacial score (nSPS) is 17.5. The van der Waals surface area contributed by atoms with E-state index in [-0.39, 0.29) is 17.9 Å². The number of aliphatic hydroxyl groups excluding tert-OH is 1. The number of benzene rings is 1. The number of aromatic nitrogens is 3. The fraction of sp³-hybridized carbons (Fsp3) is 0.250. The van der Waals surface area contributed by atoms with Crippen LogP contribution in [0.5, 0.6) is 11.5 Å². The molecule has 1 saturated heterocycles. The molecular weight excluding hydrogens is 424 g/mol. The summed E-state index contributed by atoms with van der Waals surface area (Å²) in [5.74, 6) is -0.992. The third-order valence-corrected chi connectivity index (χ3v) is 5.71. The zero-order valence-electron chi connectivity index (χ0n) is 18.7. The van der Waals surface area contributed by atoms with Gasteiger partial charge in [0, 0.05) is 30.2 Å². The molecule has 0 spiro atoms. The van der Waals surface area contributed by atoms with Gasteiger partial charge in [-0.3, -0.25) is 19.7 Å². The van der Waals surface area contributed by atoms with Gasteiger partial charge in [0.1, 0.15) is 5.76 Å². The number of methoxy groups -OCH3 is 2. The first-order valence-corrected chi connectivity index (χ1v) is 10.3. The summed E-state index contributed by atoms with van der Waals surface area (Å²) < 4.78 is 11.0. The first-order valence-electron chi connectivity index (χ1n) is 10.3. The van der Waals surface area contributed by atoms with Crippen molar-refractivity contribution in [3.63, 3.8) is 0 Å². The molecule has 9 nitrogen and oxygen atoms in total. The largest absolute Gasteiger partial charge is 0.507 e. The summed E-state index contributed by atoms with van der Waals surface area (Å²) in [4.78, 5) is 32.0. The number of amides is 1. The zero-order chi connectivity index (χ0) is 23.7. The number of aliphatic hydroxyl groups is 1. The predicted octanol–water partition coefficient (Wildman–Crippen LogP) is 3.06. The van der Waals surface area contributed by atoms with Gasteiger partial charge in [0.05, 0.1) is 37.1 Å². The number of aryl methyl sites for hydroxylation is 2. The number of aromatic amines is 1. The molecule has 170 valence electrons. The lowest BCUT2D eigenvalue weighted by Crippen LogP contribution is -2.29. The van der Waals surface area contributed by atoms with E-state index in [2.05, 4.69) is 15.2 Å². The van der Waals surface area contributed by atoms with E-state index in [1.165, 1.54) is 19.1 Å². The number of ether oxygens (including phenoxy) is 2. The molecule has 1 amide bonds. The van der Waals surface area contributed by atoms with Crippen molar-refractivity contribution in [1.29, 1.82) is 0 Å². The van der Waals surface area contributed by atoms with Crippen LogP contribution < -0.4 is 9.47 Å². The van der Waals surface area contributed by atoms with Crippen LogP contribution in [0.15, 0.2) is 48.3 Å². The minimum absolute atomic E-state index is 0.0388. The minimum Gasteiger partial charge on any atom is -0.507 e. The highest BCUT2D eigenvalue weighted by Gasteiger charge is 2.47. The Hall–Kier alpha value is -4.14. The smallest absolute Gasteiger partial charge is 0.295 e. The van der Waals surface area contributed by atoms with Gasteiger partial charge in [-0.1, -0.05) is 18.2 Å². The molecule has 9 heteroatoms. The predicted molar refractivity (Wildman–Crippen MR) is 120 cm³/mol. The average Bonchev–Trinajstić information content (AvgIpc) is 3.29. The van der Waals surface area contributed by atoms with Crippen molar-refractivity contribution in [1.82, 2.24) is 20.1 Å². The van der Waals surface area contributed by atoms with Crippen LogP contribution in [-0.2, 0) is 16.1 Å². The van der Waals surface area contributed by atoms with Crippen molar-refractivity contribution in [3.05, 3.63) is 76.4 Å². The SMILES string of the molecule is COc1cccc(C2/C(=C(\O)c3c(C)n[nH]c3C)C(=O)C(=O)N2Cc2cccnc2)c1OC. The number of likely N-dealkylation sites (tertiary alicyclic amines) is 1. The summed E-state index contributed by atoms with van der Waals surface area (Å²) in [5, 5.41) is 18.2. The maximum atomic E-state index is 13.3. The van der Waals surface area contributed by atoms with E-state index in [1.54, 1.807) is 50.5 Å². The average molecular weight is 448 g/mol. The van der Waals surface area contributed by atoms with Gasteiger partial charge in [0.2, 0.25) is 0 Å². The number of nitrogens with one attached hydrogen (secondary N) is 1. The van der Waals surface area contributed by atoms with Crippen LogP contribution in [0, 0.1) is 13.8 Å². The zero-order valence-corrected chi connectivity index (χ0v) is 18.7. The molecule has 3 aromatic rings. The number of para-hydroxylation sites is 1. The van der Waals surface area contributed by atoms with Gasteiger partial charge in [0.15, 0.2) is 11.5 Å². The second-order valence-corrected chi connectivity index (χ2v) is 7.68. The number of carbonyl (C=O) groups is 2. The van der Waals surface area contributed by atoms with Crippen LogP contribution in [0.3, 0.4) is 0 Å². The van der Waals surface area contributed by atoms with Crippen LogP contribution in [0.25, 0.3) is 5.76 Å². The quantitative estimate of drug-likeness (QED) is 0.338. The van der Waals surface area contributed by atoms with Crippen molar-refractivity contribution in [2.45, 2.75) is 26.4 Å². The molecular formula is C24H24N4O5. The molecule has 0 bridgehead atoms. The maximum absolute atomic E-state index is 13.3. The molecule has 1 aliphatic heterocycles.